The van der Waals surface area contributed by atoms with E-state index in [0.29, 0.717) is 19.0 Å². The van der Waals surface area contributed by atoms with Gasteiger partial charge in [-0.1, -0.05) is 0 Å². The lowest BCUT2D eigenvalue weighted by atomic mass is 9.91. The first-order valence-corrected chi connectivity index (χ1v) is 6.94. The van der Waals surface area contributed by atoms with Crippen LogP contribution in [-0.2, 0) is 4.74 Å². The minimum Gasteiger partial charge on any atom is -0.373 e. The molecule has 0 radical (unpaired) electrons. The van der Waals surface area contributed by atoms with Crippen LogP contribution in [0.1, 0.15) is 30.1 Å². The zero-order chi connectivity index (χ0) is 14.3. The van der Waals surface area contributed by atoms with Gasteiger partial charge in [0.05, 0.1) is 12.2 Å². The van der Waals surface area contributed by atoms with E-state index in [-0.39, 0.29) is 23.7 Å². The van der Waals surface area contributed by atoms with Gasteiger partial charge < -0.3 is 9.64 Å². The molecule has 5 heteroatoms. The summed E-state index contributed by atoms with van der Waals surface area (Å²) >= 11 is 0. The van der Waals surface area contributed by atoms with E-state index in [1.54, 1.807) is 4.90 Å². The van der Waals surface area contributed by atoms with Crippen LogP contribution in [0.4, 0.5) is 8.78 Å². The highest BCUT2D eigenvalue weighted by atomic mass is 19.1. The summed E-state index contributed by atoms with van der Waals surface area (Å²) in [6, 6.07) is 2.93. The summed E-state index contributed by atoms with van der Waals surface area (Å²) in [5, 5.41) is 0. The summed E-state index contributed by atoms with van der Waals surface area (Å²) in [6.07, 6.45) is 2.20. The van der Waals surface area contributed by atoms with E-state index in [2.05, 4.69) is 0 Å². The van der Waals surface area contributed by atoms with Gasteiger partial charge in [-0.25, -0.2) is 8.78 Å². The summed E-state index contributed by atoms with van der Waals surface area (Å²) in [7, 11) is 0. The average Bonchev–Trinajstić information content (AvgIpc) is 2.75. The zero-order valence-electron chi connectivity index (χ0n) is 11.3. The van der Waals surface area contributed by atoms with Gasteiger partial charge in [0.15, 0.2) is 0 Å². The number of benzene rings is 1. The maximum absolute atomic E-state index is 13.2. The third kappa shape index (κ3) is 2.54. The summed E-state index contributed by atoms with van der Waals surface area (Å²) in [5.41, 5.74) is 0.0620. The van der Waals surface area contributed by atoms with Gasteiger partial charge >= 0.3 is 0 Å². The van der Waals surface area contributed by atoms with Gasteiger partial charge in [-0.15, -0.1) is 0 Å². The van der Waals surface area contributed by atoms with Crippen LogP contribution in [-0.4, -0.2) is 36.1 Å². The predicted molar refractivity (Wildman–Crippen MR) is 69.3 cm³/mol. The molecule has 2 aliphatic heterocycles. The van der Waals surface area contributed by atoms with Crippen LogP contribution in [0.3, 0.4) is 0 Å². The molecule has 1 aromatic rings. The van der Waals surface area contributed by atoms with Gasteiger partial charge in [-0.3, -0.25) is 4.79 Å². The first-order chi connectivity index (χ1) is 9.52. The van der Waals surface area contributed by atoms with E-state index in [9.17, 15) is 13.6 Å². The van der Waals surface area contributed by atoms with Gasteiger partial charge in [0.2, 0.25) is 0 Å². The number of fused-ring (bicyclic) bond motifs is 1. The van der Waals surface area contributed by atoms with Crippen molar-refractivity contribution in [3.8, 4) is 0 Å². The van der Waals surface area contributed by atoms with Crippen molar-refractivity contribution in [3.63, 3.8) is 0 Å². The number of hydrogen-bond donors (Lipinski definition) is 0. The molecule has 0 spiro atoms. The summed E-state index contributed by atoms with van der Waals surface area (Å²) in [6.45, 7) is 3.16. The van der Waals surface area contributed by atoms with Gasteiger partial charge in [0, 0.05) is 24.7 Å². The van der Waals surface area contributed by atoms with Crippen molar-refractivity contribution in [2.75, 3.05) is 13.1 Å². The quantitative estimate of drug-likeness (QED) is 0.792. The minimum atomic E-state index is -0.728. The molecular formula is C15H17F2NO2. The van der Waals surface area contributed by atoms with Gasteiger partial charge in [0.25, 0.3) is 5.91 Å². The monoisotopic (exact) mass is 281 g/mol. The molecule has 3 atom stereocenters. The van der Waals surface area contributed by atoms with Gasteiger partial charge in [-0.2, -0.15) is 0 Å². The topological polar surface area (TPSA) is 29.5 Å². The molecule has 0 aliphatic carbocycles. The highest BCUT2D eigenvalue weighted by Crippen LogP contribution is 2.33. The average molecular weight is 281 g/mol. The Balaban J connectivity index is 1.74. The summed E-state index contributed by atoms with van der Waals surface area (Å²) < 4.78 is 32.2. The number of likely N-dealkylation sites (tertiary alicyclic amines) is 1. The minimum absolute atomic E-state index is 0.0566. The molecule has 0 N–H and O–H groups in total. The maximum atomic E-state index is 13.2. The van der Waals surface area contributed by atoms with E-state index < -0.39 is 11.6 Å². The van der Waals surface area contributed by atoms with Crippen LogP contribution < -0.4 is 0 Å². The van der Waals surface area contributed by atoms with E-state index in [1.165, 1.54) is 0 Å². The number of rotatable bonds is 1. The molecule has 0 unspecified atom stereocenters. The molecule has 1 aromatic carbocycles. The number of carbonyl (C=O) groups excluding carboxylic acids is 1. The second-order valence-electron chi connectivity index (χ2n) is 5.68. The molecule has 2 saturated heterocycles. The number of ether oxygens (including phenoxy) is 1. The van der Waals surface area contributed by atoms with E-state index in [1.807, 2.05) is 6.92 Å². The van der Waals surface area contributed by atoms with Crippen molar-refractivity contribution in [1.29, 1.82) is 0 Å². The Morgan fingerprint density at radius 1 is 1.30 bits per heavy atom. The van der Waals surface area contributed by atoms with E-state index >= 15 is 0 Å². The Morgan fingerprint density at radius 3 is 2.70 bits per heavy atom. The van der Waals surface area contributed by atoms with Crippen LogP contribution in [0.2, 0.25) is 0 Å². The lowest BCUT2D eigenvalue weighted by Gasteiger charge is -2.34. The highest BCUT2D eigenvalue weighted by Gasteiger charge is 2.38. The molecule has 20 heavy (non-hydrogen) atoms. The number of halogens is 2. The third-order valence-corrected chi connectivity index (χ3v) is 4.13. The maximum Gasteiger partial charge on any atom is 0.254 e. The lowest BCUT2D eigenvalue weighted by Crippen LogP contribution is -2.45. The molecular weight excluding hydrogens is 264 g/mol. The Morgan fingerprint density at radius 2 is 2.00 bits per heavy atom. The fourth-order valence-electron chi connectivity index (χ4n) is 3.21. The molecule has 108 valence electrons. The molecule has 3 rings (SSSR count). The van der Waals surface area contributed by atoms with Gasteiger partial charge in [0.1, 0.15) is 11.6 Å². The number of nitrogens with zero attached hydrogens (tertiary/aromatic N) is 1. The second kappa shape index (κ2) is 5.13. The second-order valence-corrected chi connectivity index (χ2v) is 5.68. The Kier molecular flexibility index (Phi) is 3.46. The first-order valence-electron chi connectivity index (χ1n) is 6.94. The van der Waals surface area contributed by atoms with Crippen LogP contribution in [0, 0.1) is 17.6 Å². The SMILES string of the molecule is C[C@@H]1C[C@@H]2CCN(C(=O)c3cc(F)cc(F)c3)C[C@H]2O1. The molecule has 2 aliphatic rings. The molecule has 1 amide bonds. The van der Waals surface area contributed by atoms with Crippen molar-refractivity contribution in [2.24, 2.45) is 5.92 Å². The van der Waals surface area contributed by atoms with Crippen LogP contribution in [0.25, 0.3) is 0 Å². The summed E-state index contributed by atoms with van der Waals surface area (Å²) in [4.78, 5) is 13.9. The standard InChI is InChI=1S/C15H17F2NO2/c1-9-4-10-2-3-18(8-14(10)20-9)15(19)11-5-12(16)7-13(17)6-11/h5-7,9-10,14H,2-4,8H2,1H3/t9-,10+,14-/m1/s1. The Bertz CT molecular complexity index is 514. The normalized spacial score (nSPS) is 29.4. The van der Waals surface area contributed by atoms with Gasteiger partial charge in [-0.05, 0) is 37.8 Å². The molecule has 0 bridgehead atoms. The van der Waals surface area contributed by atoms with E-state index in [4.69, 9.17) is 4.74 Å². The lowest BCUT2D eigenvalue weighted by molar-refractivity contribution is 0.00154. The van der Waals surface area contributed by atoms with Crippen molar-refractivity contribution in [2.45, 2.75) is 32.0 Å². The van der Waals surface area contributed by atoms with E-state index in [0.717, 1.165) is 31.0 Å². The molecule has 0 saturated carbocycles. The molecule has 2 fully saturated rings. The van der Waals surface area contributed by atoms with Crippen LogP contribution in [0.15, 0.2) is 18.2 Å². The highest BCUT2D eigenvalue weighted by molar-refractivity contribution is 5.94. The number of amides is 1. The zero-order valence-corrected chi connectivity index (χ0v) is 11.3. The van der Waals surface area contributed by atoms with Crippen molar-refractivity contribution in [3.05, 3.63) is 35.4 Å². The number of hydrogen-bond acceptors (Lipinski definition) is 2. The molecule has 2 heterocycles. The largest absolute Gasteiger partial charge is 0.373 e. The first kappa shape index (κ1) is 13.5. The third-order valence-electron chi connectivity index (χ3n) is 4.13. The van der Waals surface area contributed by atoms with Crippen molar-refractivity contribution >= 4 is 5.91 Å². The number of carbonyl (C=O) groups is 1. The van der Waals surface area contributed by atoms with Crippen molar-refractivity contribution < 1.29 is 18.3 Å². The predicted octanol–water partition coefficient (Wildman–Crippen LogP) is 2.60. The Hall–Kier alpha value is -1.49. The molecule has 3 nitrogen and oxygen atoms in total. The fraction of sp³-hybridized carbons (Fsp3) is 0.533. The fourth-order valence-corrected chi connectivity index (χ4v) is 3.21. The number of piperidine rings is 1. The van der Waals surface area contributed by atoms with Crippen molar-refractivity contribution in [1.82, 2.24) is 4.90 Å². The van der Waals surface area contributed by atoms with Crippen LogP contribution >= 0.6 is 0 Å². The van der Waals surface area contributed by atoms with Crippen LogP contribution in [0.5, 0.6) is 0 Å². The Labute approximate surface area is 116 Å². The summed E-state index contributed by atoms with van der Waals surface area (Å²) in [5.74, 6) is -1.29. The smallest absolute Gasteiger partial charge is 0.254 e. The molecule has 0 aromatic heterocycles.